The number of benzene rings is 2. The first-order chi connectivity index (χ1) is 11.7. The molecule has 2 aromatic carbocycles. The lowest BCUT2D eigenvalue weighted by atomic mass is 10.1. The maximum atomic E-state index is 5.74. The van der Waals surface area contributed by atoms with Crippen molar-refractivity contribution in [3.63, 3.8) is 0 Å². The Morgan fingerprint density at radius 3 is 1.92 bits per heavy atom. The van der Waals surface area contributed by atoms with Crippen LogP contribution < -0.4 is 9.47 Å². The van der Waals surface area contributed by atoms with E-state index in [2.05, 4.69) is 9.97 Å². The number of methoxy groups -OCH3 is 1. The molecule has 0 radical (unpaired) electrons. The summed E-state index contributed by atoms with van der Waals surface area (Å²) < 4.78 is 11.0. The van der Waals surface area contributed by atoms with Gasteiger partial charge in [-0.1, -0.05) is 30.3 Å². The van der Waals surface area contributed by atoms with E-state index >= 15 is 0 Å². The van der Waals surface area contributed by atoms with Gasteiger partial charge in [-0.15, -0.1) is 0 Å². The highest BCUT2D eigenvalue weighted by Gasteiger charge is 2.10. The van der Waals surface area contributed by atoms with E-state index in [1.54, 1.807) is 7.11 Å². The topological polar surface area (TPSA) is 44.2 Å². The molecule has 3 aromatic rings. The van der Waals surface area contributed by atoms with E-state index in [1.807, 2.05) is 74.5 Å². The normalized spacial score (nSPS) is 10.7. The van der Waals surface area contributed by atoms with Crippen molar-refractivity contribution in [2.45, 2.75) is 20.0 Å². The van der Waals surface area contributed by atoms with Crippen molar-refractivity contribution in [3.8, 4) is 34.3 Å². The van der Waals surface area contributed by atoms with Gasteiger partial charge in [0.2, 0.25) is 0 Å². The van der Waals surface area contributed by atoms with Gasteiger partial charge in [0.25, 0.3) is 0 Å². The average Bonchev–Trinajstić information content (AvgIpc) is 2.62. The second-order valence-corrected chi connectivity index (χ2v) is 5.68. The molecular formula is C20H20N2O2. The van der Waals surface area contributed by atoms with Crippen molar-refractivity contribution in [2.24, 2.45) is 0 Å². The van der Waals surface area contributed by atoms with Crippen molar-refractivity contribution >= 4 is 0 Å². The predicted octanol–water partition coefficient (Wildman–Crippen LogP) is 4.61. The van der Waals surface area contributed by atoms with Crippen molar-refractivity contribution in [3.05, 3.63) is 60.7 Å². The smallest absolute Gasteiger partial charge is 0.317 e. The lowest BCUT2D eigenvalue weighted by Gasteiger charge is -2.12. The van der Waals surface area contributed by atoms with Gasteiger partial charge >= 0.3 is 6.01 Å². The van der Waals surface area contributed by atoms with E-state index in [1.165, 1.54) is 0 Å². The van der Waals surface area contributed by atoms with Crippen molar-refractivity contribution < 1.29 is 9.47 Å². The Bertz CT molecular complexity index is 800. The van der Waals surface area contributed by atoms with Gasteiger partial charge in [0.05, 0.1) is 24.6 Å². The summed E-state index contributed by atoms with van der Waals surface area (Å²) in [6, 6.07) is 20.2. The molecule has 0 atom stereocenters. The van der Waals surface area contributed by atoms with Crippen LogP contribution in [0.5, 0.6) is 11.8 Å². The molecule has 1 heterocycles. The quantitative estimate of drug-likeness (QED) is 0.689. The summed E-state index contributed by atoms with van der Waals surface area (Å²) in [6.45, 7) is 3.93. The minimum absolute atomic E-state index is 0.0136. The summed E-state index contributed by atoms with van der Waals surface area (Å²) in [4.78, 5) is 9.10. The lowest BCUT2D eigenvalue weighted by molar-refractivity contribution is 0.222. The van der Waals surface area contributed by atoms with Gasteiger partial charge in [0.1, 0.15) is 5.75 Å². The predicted molar refractivity (Wildman–Crippen MR) is 95.2 cm³/mol. The van der Waals surface area contributed by atoms with E-state index < -0.39 is 0 Å². The van der Waals surface area contributed by atoms with Crippen LogP contribution in [-0.2, 0) is 0 Å². The molecule has 0 N–H and O–H groups in total. The molecule has 3 rings (SSSR count). The number of aromatic nitrogens is 2. The van der Waals surface area contributed by atoms with Crippen LogP contribution in [0, 0.1) is 0 Å². The lowest BCUT2D eigenvalue weighted by Crippen LogP contribution is -2.09. The zero-order valence-electron chi connectivity index (χ0n) is 14.1. The highest BCUT2D eigenvalue weighted by molar-refractivity contribution is 5.68. The Morgan fingerprint density at radius 1 is 0.792 bits per heavy atom. The van der Waals surface area contributed by atoms with Gasteiger partial charge in [-0.05, 0) is 44.2 Å². The molecule has 1 aromatic heterocycles. The zero-order chi connectivity index (χ0) is 16.9. The van der Waals surface area contributed by atoms with Gasteiger partial charge in [0.15, 0.2) is 0 Å². The van der Waals surface area contributed by atoms with Crippen LogP contribution in [-0.4, -0.2) is 23.2 Å². The third-order valence-corrected chi connectivity index (χ3v) is 3.50. The molecule has 122 valence electrons. The molecule has 24 heavy (non-hydrogen) atoms. The first kappa shape index (κ1) is 16.0. The number of nitrogens with zero attached hydrogens (tertiary/aromatic N) is 2. The van der Waals surface area contributed by atoms with Crippen LogP contribution in [0.25, 0.3) is 22.5 Å². The first-order valence-corrected chi connectivity index (χ1v) is 7.91. The van der Waals surface area contributed by atoms with Crippen molar-refractivity contribution in [1.29, 1.82) is 0 Å². The van der Waals surface area contributed by atoms with Gasteiger partial charge in [-0.25, -0.2) is 0 Å². The van der Waals surface area contributed by atoms with E-state index in [9.17, 15) is 0 Å². The summed E-state index contributed by atoms with van der Waals surface area (Å²) in [7, 11) is 1.65. The highest BCUT2D eigenvalue weighted by atomic mass is 16.5. The third-order valence-electron chi connectivity index (χ3n) is 3.50. The molecule has 0 aliphatic heterocycles. The molecular weight excluding hydrogens is 300 g/mol. The molecule has 4 nitrogen and oxygen atoms in total. The first-order valence-electron chi connectivity index (χ1n) is 7.91. The van der Waals surface area contributed by atoms with E-state index in [4.69, 9.17) is 9.47 Å². The molecule has 0 amide bonds. The minimum atomic E-state index is 0.0136. The second-order valence-electron chi connectivity index (χ2n) is 5.68. The molecule has 0 saturated heterocycles. The van der Waals surface area contributed by atoms with E-state index in [0.29, 0.717) is 6.01 Å². The number of ether oxygens (including phenoxy) is 2. The number of hydrogen-bond donors (Lipinski definition) is 0. The fourth-order valence-corrected chi connectivity index (χ4v) is 2.36. The zero-order valence-corrected chi connectivity index (χ0v) is 14.1. The Hall–Kier alpha value is -2.88. The monoisotopic (exact) mass is 320 g/mol. The second kappa shape index (κ2) is 7.13. The Morgan fingerprint density at radius 2 is 1.38 bits per heavy atom. The molecule has 0 aliphatic rings. The fourth-order valence-electron chi connectivity index (χ4n) is 2.36. The maximum absolute atomic E-state index is 5.74. The van der Waals surface area contributed by atoms with Crippen LogP contribution in [0.2, 0.25) is 0 Å². The number of hydrogen-bond acceptors (Lipinski definition) is 4. The summed E-state index contributed by atoms with van der Waals surface area (Å²) in [5.41, 5.74) is 3.68. The van der Waals surface area contributed by atoms with E-state index in [-0.39, 0.29) is 6.10 Å². The molecule has 0 fully saturated rings. The summed E-state index contributed by atoms with van der Waals surface area (Å²) >= 11 is 0. The van der Waals surface area contributed by atoms with Crippen LogP contribution in [0.15, 0.2) is 60.7 Å². The fraction of sp³-hybridized carbons (Fsp3) is 0.200. The van der Waals surface area contributed by atoms with Crippen molar-refractivity contribution in [1.82, 2.24) is 9.97 Å². The molecule has 0 saturated carbocycles. The molecule has 4 heteroatoms. The van der Waals surface area contributed by atoms with Crippen LogP contribution in [0.1, 0.15) is 13.8 Å². The van der Waals surface area contributed by atoms with Crippen LogP contribution >= 0.6 is 0 Å². The average molecular weight is 320 g/mol. The van der Waals surface area contributed by atoms with Gasteiger partial charge in [-0.3, -0.25) is 0 Å². The Balaban J connectivity index is 2.07. The molecule has 0 spiro atoms. The van der Waals surface area contributed by atoms with E-state index in [0.717, 1.165) is 28.3 Å². The van der Waals surface area contributed by atoms with Gasteiger partial charge in [-0.2, -0.15) is 9.97 Å². The number of rotatable bonds is 5. The Labute approximate surface area is 142 Å². The highest BCUT2D eigenvalue weighted by Crippen LogP contribution is 2.27. The van der Waals surface area contributed by atoms with Crippen LogP contribution in [0.4, 0.5) is 0 Å². The Kier molecular flexibility index (Phi) is 4.75. The largest absolute Gasteiger partial charge is 0.497 e. The van der Waals surface area contributed by atoms with Crippen molar-refractivity contribution in [2.75, 3.05) is 7.11 Å². The van der Waals surface area contributed by atoms with Gasteiger partial charge in [0, 0.05) is 11.1 Å². The summed E-state index contributed by atoms with van der Waals surface area (Å²) in [5, 5.41) is 0. The summed E-state index contributed by atoms with van der Waals surface area (Å²) in [5.74, 6) is 0.815. The minimum Gasteiger partial charge on any atom is -0.497 e. The SMILES string of the molecule is COc1ccc(-c2cc(-c3ccccc3)nc(OC(C)C)n2)cc1. The van der Waals surface area contributed by atoms with Crippen LogP contribution in [0.3, 0.4) is 0 Å². The van der Waals surface area contributed by atoms with Gasteiger partial charge < -0.3 is 9.47 Å². The standard InChI is InChI=1S/C20H20N2O2/c1-14(2)24-20-21-18(15-7-5-4-6-8-15)13-19(22-20)16-9-11-17(23-3)12-10-16/h4-14H,1-3H3. The third kappa shape index (κ3) is 3.71. The summed E-state index contributed by atoms with van der Waals surface area (Å²) in [6.07, 6.45) is 0.0136. The molecule has 0 bridgehead atoms. The maximum Gasteiger partial charge on any atom is 0.317 e. The molecule has 0 aliphatic carbocycles. The molecule has 0 unspecified atom stereocenters.